The number of guanidine groups is 1. The lowest BCUT2D eigenvalue weighted by molar-refractivity contribution is -0.101. The SMILES string of the molecule is NC1=NC(N)=C(N)[C@H](O)N1OS(=O)(=O)O. The molecule has 8 N–H and O–H groups in total. The van der Waals surface area contributed by atoms with Crippen molar-refractivity contribution in [2.45, 2.75) is 6.23 Å². The normalized spacial score (nSPS) is 22.9. The van der Waals surface area contributed by atoms with E-state index in [-0.39, 0.29) is 16.6 Å². The van der Waals surface area contributed by atoms with Gasteiger partial charge in [-0.2, -0.15) is 18.5 Å². The van der Waals surface area contributed by atoms with Crippen molar-refractivity contribution in [3.8, 4) is 0 Å². The van der Waals surface area contributed by atoms with Crippen LogP contribution in [0, 0.1) is 0 Å². The first kappa shape index (κ1) is 11.5. The smallest absolute Gasteiger partial charge is 0.395 e. The summed E-state index contributed by atoms with van der Waals surface area (Å²) in [5, 5.41) is 9.54. The van der Waals surface area contributed by atoms with Gasteiger partial charge in [0.05, 0.1) is 0 Å². The van der Waals surface area contributed by atoms with Crippen LogP contribution in [0.25, 0.3) is 0 Å². The Morgan fingerprint density at radius 1 is 1.40 bits per heavy atom. The second-order valence-electron chi connectivity index (χ2n) is 2.51. The number of nitrogens with zero attached hydrogens (tertiary/aromatic N) is 2. The summed E-state index contributed by atoms with van der Waals surface area (Å²) in [5.41, 5.74) is 15.3. The summed E-state index contributed by atoms with van der Waals surface area (Å²) in [6, 6.07) is 0. The van der Waals surface area contributed by atoms with Crippen LogP contribution in [-0.2, 0) is 14.7 Å². The molecule has 0 radical (unpaired) electrons. The molecule has 0 saturated heterocycles. The lowest BCUT2D eigenvalue weighted by Gasteiger charge is -2.28. The molecule has 1 heterocycles. The van der Waals surface area contributed by atoms with Crippen molar-refractivity contribution >= 4 is 16.4 Å². The molecule has 0 amide bonds. The number of nitrogens with two attached hydrogens (primary N) is 3. The third kappa shape index (κ3) is 2.47. The average molecular weight is 239 g/mol. The van der Waals surface area contributed by atoms with Gasteiger partial charge in [0.15, 0.2) is 12.0 Å². The van der Waals surface area contributed by atoms with E-state index in [4.69, 9.17) is 21.8 Å². The van der Waals surface area contributed by atoms with Gasteiger partial charge in [0.2, 0.25) is 5.96 Å². The van der Waals surface area contributed by atoms with Crippen molar-refractivity contribution < 1.29 is 22.4 Å². The molecule has 86 valence electrons. The van der Waals surface area contributed by atoms with Crippen LogP contribution in [0.5, 0.6) is 0 Å². The first-order valence-electron chi connectivity index (χ1n) is 3.46. The summed E-state index contributed by atoms with van der Waals surface area (Å²) >= 11 is 0. The summed E-state index contributed by atoms with van der Waals surface area (Å²) < 4.78 is 33.0. The number of aliphatic imine (C=N–C) groups is 1. The lowest BCUT2D eigenvalue weighted by atomic mass is 10.3. The number of aliphatic hydroxyl groups is 1. The molecule has 0 aromatic rings. The topological polar surface area (TPSA) is 177 Å². The molecule has 1 aliphatic rings. The molecule has 0 spiro atoms. The first-order chi connectivity index (χ1) is 6.72. The van der Waals surface area contributed by atoms with Crippen LogP contribution in [0.3, 0.4) is 0 Å². The summed E-state index contributed by atoms with van der Waals surface area (Å²) in [4.78, 5) is 3.37. The van der Waals surface area contributed by atoms with E-state index < -0.39 is 22.6 Å². The Morgan fingerprint density at radius 2 is 1.93 bits per heavy atom. The molecule has 10 nitrogen and oxygen atoms in total. The van der Waals surface area contributed by atoms with Crippen LogP contribution >= 0.6 is 0 Å². The summed E-state index contributed by atoms with van der Waals surface area (Å²) in [6.07, 6.45) is -1.75. The molecule has 0 saturated carbocycles. The fourth-order valence-corrected chi connectivity index (χ4v) is 1.16. The van der Waals surface area contributed by atoms with E-state index >= 15 is 0 Å². The van der Waals surface area contributed by atoms with Gasteiger partial charge in [0.1, 0.15) is 5.70 Å². The van der Waals surface area contributed by atoms with Gasteiger partial charge in [-0.05, 0) is 0 Å². The lowest BCUT2D eigenvalue weighted by Crippen LogP contribution is -2.51. The minimum Gasteiger partial charge on any atom is -0.395 e. The number of rotatable bonds is 2. The number of hydrogen-bond acceptors (Lipinski definition) is 9. The van der Waals surface area contributed by atoms with Crippen LogP contribution in [0.2, 0.25) is 0 Å². The van der Waals surface area contributed by atoms with E-state index in [1.807, 2.05) is 0 Å². The molecule has 0 aromatic heterocycles. The van der Waals surface area contributed by atoms with Gasteiger partial charge in [0.25, 0.3) is 0 Å². The van der Waals surface area contributed by atoms with Crippen LogP contribution in [0.15, 0.2) is 16.5 Å². The van der Waals surface area contributed by atoms with Crippen molar-refractivity contribution in [3.63, 3.8) is 0 Å². The van der Waals surface area contributed by atoms with E-state index in [2.05, 4.69) is 9.28 Å². The van der Waals surface area contributed by atoms with Gasteiger partial charge in [-0.1, -0.05) is 0 Å². The van der Waals surface area contributed by atoms with E-state index in [1.54, 1.807) is 0 Å². The van der Waals surface area contributed by atoms with Crippen molar-refractivity contribution in [2.75, 3.05) is 0 Å². The summed E-state index contributed by atoms with van der Waals surface area (Å²) in [6.45, 7) is 0. The fourth-order valence-electron chi connectivity index (χ4n) is 0.802. The minimum absolute atomic E-state index is 0.195. The Labute approximate surface area is 84.5 Å². The highest BCUT2D eigenvalue weighted by atomic mass is 32.3. The van der Waals surface area contributed by atoms with Crippen LogP contribution in [0.4, 0.5) is 0 Å². The zero-order valence-corrected chi connectivity index (χ0v) is 8.05. The molecular formula is C4H9N5O5S. The average Bonchev–Trinajstić information content (AvgIpc) is 2.07. The Hall–Kier alpha value is -1.56. The maximum Gasteiger partial charge on any atom is 0.418 e. The third-order valence-electron chi connectivity index (χ3n) is 1.43. The Balaban J connectivity index is 3.01. The van der Waals surface area contributed by atoms with Crippen molar-refractivity contribution in [2.24, 2.45) is 22.2 Å². The van der Waals surface area contributed by atoms with E-state index in [9.17, 15) is 13.5 Å². The number of hydroxylamine groups is 2. The highest BCUT2D eigenvalue weighted by Crippen LogP contribution is 2.13. The molecule has 1 rings (SSSR count). The standard InChI is InChI=1S/C4H9N5O5S/c5-1-2(6)8-4(7)9(3(1)10)14-15(11,12)13/h3,10H,5-6H2,(H2,7,8)(H,11,12,13)/t3-/m0/s1. The zero-order valence-electron chi connectivity index (χ0n) is 7.23. The first-order valence-corrected chi connectivity index (χ1v) is 4.82. The summed E-state index contributed by atoms with van der Waals surface area (Å²) in [5.74, 6) is -0.831. The molecule has 15 heavy (non-hydrogen) atoms. The Bertz CT molecular complexity index is 427. The van der Waals surface area contributed by atoms with Crippen molar-refractivity contribution in [1.29, 1.82) is 0 Å². The molecule has 0 aliphatic carbocycles. The molecule has 1 aliphatic heterocycles. The summed E-state index contributed by atoms with van der Waals surface area (Å²) in [7, 11) is -4.84. The minimum atomic E-state index is -4.84. The molecule has 11 heteroatoms. The van der Waals surface area contributed by atoms with E-state index in [1.165, 1.54) is 0 Å². The van der Waals surface area contributed by atoms with E-state index in [0.717, 1.165) is 0 Å². The van der Waals surface area contributed by atoms with Crippen LogP contribution in [0.1, 0.15) is 0 Å². The maximum absolute atomic E-state index is 10.4. The van der Waals surface area contributed by atoms with Crippen LogP contribution < -0.4 is 17.2 Å². The molecule has 0 aromatic carbocycles. The second-order valence-corrected chi connectivity index (χ2v) is 3.52. The zero-order chi connectivity index (χ0) is 11.8. The van der Waals surface area contributed by atoms with Gasteiger partial charge in [-0.25, -0.2) is 0 Å². The fraction of sp³-hybridized carbons (Fsp3) is 0.250. The Morgan fingerprint density at radius 3 is 2.40 bits per heavy atom. The predicted molar refractivity (Wildman–Crippen MR) is 47.5 cm³/mol. The Kier molecular flexibility index (Phi) is 2.72. The van der Waals surface area contributed by atoms with Crippen molar-refractivity contribution in [1.82, 2.24) is 5.06 Å². The predicted octanol–water partition coefficient (Wildman–Crippen LogP) is -3.24. The van der Waals surface area contributed by atoms with Gasteiger partial charge in [-0.3, -0.25) is 4.55 Å². The van der Waals surface area contributed by atoms with E-state index in [0.29, 0.717) is 0 Å². The van der Waals surface area contributed by atoms with Gasteiger partial charge in [-0.15, -0.1) is 4.28 Å². The largest absolute Gasteiger partial charge is 0.418 e. The van der Waals surface area contributed by atoms with Crippen LogP contribution in [-0.4, -0.2) is 35.3 Å². The molecule has 0 unspecified atom stereocenters. The number of hydrogen-bond donors (Lipinski definition) is 5. The maximum atomic E-state index is 10.4. The molecular weight excluding hydrogens is 230 g/mol. The second kappa shape index (κ2) is 3.54. The van der Waals surface area contributed by atoms with Gasteiger partial charge in [0, 0.05) is 0 Å². The van der Waals surface area contributed by atoms with Gasteiger partial charge >= 0.3 is 10.4 Å². The quantitative estimate of drug-likeness (QED) is 0.309. The highest BCUT2D eigenvalue weighted by Gasteiger charge is 2.31. The molecule has 0 fully saturated rings. The molecule has 0 bridgehead atoms. The van der Waals surface area contributed by atoms with Gasteiger partial charge < -0.3 is 22.3 Å². The number of aliphatic hydroxyl groups excluding tert-OH is 1. The monoisotopic (exact) mass is 239 g/mol. The molecule has 1 atom stereocenters. The highest BCUT2D eigenvalue weighted by molar-refractivity contribution is 7.80. The van der Waals surface area contributed by atoms with Crippen molar-refractivity contribution in [3.05, 3.63) is 11.5 Å². The third-order valence-corrected chi connectivity index (χ3v) is 1.78.